The van der Waals surface area contributed by atoms with Crippen LogP contribution in [0.2, 0.25) is 0 Å². The van der Waals surface area contributed by atoms with Crippen LogP contribution >= 0.6 is 0 Å². The van der Waals surface area contributed by atoms with Crippen LogP contribution in [-0.2, 0) is 5.54 Å². The van der Waals surface area contributed by atoms with Crippen LogP contribution in [0.4, 0.5) is 4.39 Å². The van der Waals surface area contributed by atoms with E-state index in [1.165, 1.54) is 12.1 Å². The van der Waals surface area contributed by atoms with E-state index < -0.39 is 0 Å². The fourth-order valence-corrected chi connectivity index (χ4v) is 2.86. The smallest absolute Gasteiger partial charge is 0.202 e. The second-order valence-corrected chi connectivity index (χ2v) is 6.46. The minimum Gasteiger partial charge on any atom is -0.485 e. The van der Waals surface area contributed by atoms with E-state index in [4.69, 9.17) is 4.74 Å². The Kier molecular flexibility index (Phi) is 4.40. The second kappa shape index (κ2) is 5.95. The van der Waals surface area contributed by atoms with E-state index in [0.717, 1.165) is 11.4 Å². The fraction of sp³-hybridized carbons (Fsp3) is 0.389. The van der Waals surface area contributed by atoms with Gasteiger partial charge in [0.05, 0.1) is 0 Å². The lowest BCUT2D eigenvalue weighted by Crippen LogP contribution is -2.24. The Balaban J connectivity index is 2.17. The molecule has 0 N–H and O–H groups in total. The number of aromatic nitrogens is 1. The lowest BCUT2D eigenvalue weighted by Gasteiger charge is -2.25. The topological polar surface area (TPSA) is 31.2 Å². The molecule has 0 spiro atoms. The highest BCUT2D eigenvalue weighted by atomic mass is 19.1. The molecule has 1 aromatic carbocycles. The van der Waals surface area contributed by atoms with Gasteiger partial charge in [0.15, 0.2) is 6.61 Å². The molecular formula is C18H22FNO2. The van der Waals surface area contributed by atoms with Crippen LogP contribution in [0.5, 0.6) is 5.75 Å². The van der Waals surface area contributed by atoms with E-state index in [1.54, 1.807) is 12.1 Å². The quantitative estimate of drug-likeness (QED) is 0.790. The minimum atomic E-state index is -0.379. The fourth-order valence-electron chi connectivity index (χ4n) is 2.86. The van der Waals surface area contributed by atoms with Crippen molar-refractivity contribution >= 4 is 5.78 Å². The molecule has 2 aromatic rings. The standard InChI is InChI=1S/C18H22FNO2/c1-12-9-16(13(2)20(12)18(3,4)5)17(21)11-22-15-8-6-7-14(19)10-15/h6-10H,11H2,1-5H3. The Morgan fingerprint density at radius 3 is 2.45 bits per heavy atom. The van der Waals surface area contributed by atoms with Crippen molar-refractivity contribution in [2.45, 2.75) is 40.2 Å². The number of ether oxygens (including phenoxy) is 1. The van der Waals surface area contributed by atoms with Gasteiger partial charge in [-0.2, -0.15) is 0 Å². The molecule has 0 unspecified atom stereocenters. The summed E-state index contributed by atoms with van der Waals surface area (Å²) in [5, 5.41) is 0. The van der Waals surface area contributed by atoms with Gasteiger partial charge in [0.2, 0.25) is 5.78 Å². The highest BCUT2D eigenvalue weighted by molar-refractivity contribution is 5.98. The lowest BCUT2D eigenvalue weighted by atomic mass is 10.1. The van der Waals surface area contributed by atoms with Gasteiger partial charge in [-0.05, 0) is 52.8 Å². The van der Waals surface area contributed by atoms with Gasteiger partial charge in [-0.1, -0.05) is 6.07 Å². The normalized spacial score (nSPS) is 11.5. The summed E-state index contributed by atoms with van der Waals surface area (Å²) >= 11 is 0. The molecular weight excluding hydrogens is 281 g/mol. The molecule has 0 aliphatic heterocycles. The molecule has 0 saturated heterocycles. The van der Waals surface area contributed by atoms with E-state index in [9.17, 15) is 9.18 Å². The number of Topliss-reactive ketones (excluding diaryl/α,β-unsaturated/α-hetero) is 1. The van der Waals surface area contributed by atoms with E-state index >= 15 is 0 Å². The number of carbonyl (C=O) groups is 1. The predicted molar refractivity (Wildman–Crippen MR) is 85.1 cm³/mol. The summed E-state index contributed by atoms with van der Waals surface area (Å²) in [6, 6.07) is 7.69. The average molecular weight is 303 g/mol. The van der Waals surface area contributed by atoms with Gasteiger partial charge < -0.3 is 9.30 Å². The maximum absolute atomic E-state index is 13.1. The van der Waals surface area contributed by atoms with Crippen molar-refractivity contribution in [2.24, 2.45) is 0 Å². The number of nitrogens with zero attached hydrogens (tertiary/aromatic N) is 1. The number of halogens is 1. The highest BCUT2D eigenvalue weighted by Gasteiger charge is 2.22. The zero-order valence-corrected chi connectivity index (χ0v) is 13.7. The Morgan fingerprint density at radius 1 is 1.23 bits per heavy atom. The van der Waals surface area contributed by atoms with Crippen molar-refractivity contribution in [3.8, 4) is 5.75 Å². The zero-order chi connectivity index (χ0) is 16.5. The van der Waals surface area contributed by atoms with Gasteiger partial charge in [0.1, 0.15) is 11.6 Å². The Morgan fingerprint density at radius 2 is 1.91 bits per heavy atom. The second-order valence-electron chi connectivity index (χ2n) is 6.46. The third-order valence-electron chi connectivity index (χ3n) is 3.57. The molecule has 1 heterocycles. The molecule has 3 nitrogen and oxygen atoms in total. The summed E-state index contributed by atoms with van der Waals surface area (Å²) in [5.41, 5.74) is 2.54. The van der Waals surface area contributed by atoms with E-state index in [1.807, 2.05) is 19.9 Å². The maximum atomic E-state index is 13.1. The average Bonchev–Trinajstić information content (AvgIpc) is 2.71. The third-order valence-corrected chi connectivity index (χ3v) is 3.57. The lowest BCUT2D eigenvalue weighted by molar-refractivity contribution is 0.0920. The molecule has 0 bridgehead atoms. The summed E-state index contributed by atoms with van der Waals surface area (Å²) in [6.45, 7) is 10.1. The number of rotatable bonds is 4. The van der Waals surface area contributed by atoms with Crippen LogP contribution < -0.4 is 4.74 Å². The van der Waals surface area contributed by atoms with Crippen LogP contribution in [0, 0.1) is 19.7 Å². The van der Waals surface area contributed by atoms with Crippen molar-refractivity contribution in [2.75, 3.05) is 6.61 Å². The number of carbonyl (C=O) groups excluding carboxylic acids is 1. The van der Waals surface area contributed by atoms with Crippen LogP contribution in [0.25, 0.3) is 0 Å². The number of hydrogen-bond donors (Lipinski definition) is 0. The van der Waals surface area contributed by atoms with E-state index in [-0.39, 0.29) is 23.7 Å². The number of benzene rings is 1. The van der Waals surface area contributed by atoms with Gasteiger partial charge in [0.25, 0.3) is 0 Å². The Bertz CT molecular complexity index is 696. The van der Waals surface area contributed by atoms with E-state index in [2.05, 4.69) is 25.3 Å². The monoisotopic (exact) mass is 303 g/mol. The van der Waals surface area contributed by atoms with Crippen LogP contribution in [0.3, 0.4) is 0 Å². The van der Waals surface area contributed by atoms with Gasteiger partial charge >= 0.3 is 0 Å². The first-order valence-corrected chi connectivity index (χ1v) is 7.31. The molecule has 4 heteroatoms. The highest BCUT2D eigenvalue weighted by Crippen LogP contribution is 2.25. The molecule has 0 saturated carbocycles. The largest absolute Gasteiger partial charge is 0.485 e. The van der Waals surface area contributed by atoms with Crippen molar-refractivity contribution in [3.05, 3.63) is 53.1 Å². The molecule has 2 rings (SSSR count). The Labute approximate surface area is 130 Å². The summed E-state index contributed by atoms with van der Waals surface area (Å²) < 4.78 is 20.6. The molecule has 118 valence electrons. The van der Waals surface area contributed by atoms with Gasteiger partial charge in [-0.15, -0.1) is 0 Å². The molecule has 0 aliphatic carbocycles. The van der Waals surface area contributed by atoms with Crippen LogP contribution in [0.1, 0.15) is 42.5 Å². The van der Waals surface area contributed by atoms with Gasteiger partial charge in [-0.25, -0.2) is 4.39 Å². The van der Waals surface area contributed by atoms with Crippen molar-refractivity contribution in [3.63, 3.8) is 0 Å². The van der Waals surface area contributed by atoms with Crippen molar-refractivity contribution < 1.29 is 13.9 Å². The summed E-state index contributed by atoms with van der Waals surface area (Å²) in [7, 11) is 0. The van der Waals surface area contributed by atoms with Gasteiger partial charge in [-0.3, -0.25) is 4.79 Å². The molecule has 1 aromatic heterocycles. The maximum Gasteiger partial charge on any atom is 0.202 e. The molecule has 0 fully saturated rings. The molecule has 0 amide bonds. The van der Waals surface area contributed by atoms with Gasteiger partial charge in [0, 0.05) is 28.6 Å². The number of hydrogen-bond acceptors (Lipinski definition) is 2. The first-order chi connectivity index (χ1) is 10.2. The first kappa shape index (κ1) is 16.3. The van der Waals surface area contributed by atoms with E-state index in [0.29, 0.717) is 11.3 Å². The third kappa shape index (κ3) is 3.38. The van der Waals surface area contributed by atoms with Crippen LogP contribution in [-0.4, -0.2) is 17.0 Å². The number of ketones is 1. The Hall–Kier alpha value is -2.10. The molecule has 0 radical (unpaired) electrons. The first-order valence-electron chi connectivity index (χ1n) is 7.31. The SMILES string of the molecule is Cc1cc(C(=O)COc2cccc(F)c2)c(C)n1C(C)(C)C. The molecule has 0 aliphatic rings. The number of aryl methyl sites for hydroxylation is 1. The summed E-state index contributed by atoms with van der Waals surface area (Å²) in [6.07, 6.45) is 0. The van der Waals surface area contributed by atoms with Crippen molar-refractivity contribution in [1.82, 2.24) is 4.57 Å². The predicted octanol–water partition coefficient (Wildman–Crippen LogP) is 4.26. The zero-order valence-electron chi connectivity index (χ0n) is 13.7. The summed E-state index contributed by atoms with van der Waals surface area (Å²) in [5.74, 6) is -0.123. The minimum absolute atomic E-state index is 0.0872. The summed E-state index contributed by atoms with van der Waals surface area (Å²) in [4.78, 5) is 12.4. The van der Waals surface area contributed by atoms with Crippen molar-refractivity contribution in [1.29, 1.82) is 0 Å². The molecule has 0 atom stereocenters. The van der Waals surface area contributed by atoms with Crippen LogP contribution in [0.15, 0.2) is 30.3 Å². The molecule has 22 heavy (non-hydrogen) atoms.